The fourth-order valence-electron chi connectivity index (χ4n) is 1.89. The molecule has 1 aliphatic heterocycles. The summed E-state index contributed by atoms with van der Waals surface area (Å²) in [6.07, 6.45) is 2.53. The van der Waals surface area contributed by atoms with E-state index >= 15 is 0 Å². The topological polar surface area (TPSA) is 21.1 Å². The van der Waals surface area contributed by atoms with Crippen LogP contribution in [0, 0.1) is 6.92 Å². The summed E-state index contributed by atoms with van der Waals surface area (Å²) in [5.74, 6) is 1.08. The zero-order valence-corrected chi connectivity index (χ0v) is 8.80. The van der Waals surface area contributed by atoms with Crippen LogP contribution >= 0.6 is 11.6 Å². The quantitative estimate of drug-likeness (QED) is 0.690. The van der Waals surface area contributed by atoms with Crippen molar-refractivity contribution in [2.24, 2.45) is 7.05 Å². The largest absolute Gasteiger partial charge is 0.356 e. The van der Waals surface area contributed by atoms with E-state index in [0.717, 1.165) is 29.6 Å². The van der Waals surface area contributed by atoms with Crippen molar-refractivity contribution in [3.63, 3.8) is 0 Å². The van der Waals surface area contributed by atoms with Crippen molar-refractivity contribution in [1.82, 2.24) is 9.78 Å². The van der Waals surface area contributed by atoms with Crippen molar-refractivity contribution in [2.75, 3.05) is 18.0 Å². The van der Waals surface area contributed by atoms with E-state index in [1.54, 1.807) is 0 Å². The third-order valence-corrected chi connectivity index (χ3v) is 2.97. The zero-order chi connectivity index (χ0) is 9.42. The number of anilines is 1. The van der Waals surface area contributed by atoms with Crippen molar-refractivity contribution in [2.45, 2.75) is 19.8 Å². The molecule has 1 fully saturated rings. The van der Waals surface area contributed by atoms with Gasteiger partial charge in [-0.15, -0.1) is 0 Å². The van der Waals surface area contributed by atoms with Crippen LogP contribution in [0.15, 0.2) is 0 Å². The van der Waals surface area contributed by atoms with Gasteiger partial charge >= 0.3 is 0 Å². The Morgan fingerprint density at radius 3 is 2.38 bits per heavy atom. The lowest BCUT2D eigenvalue weighted by Crippen LogP contribution is -2.20. The Kier molecular flexibility index (Phi) is 2.20. The van der Waals surface area contributed by atoms with Gasteiger partial charge in [-0.3, -0.25) is 4.68 Å². The number of aryl methyl sites for hydroxylation is 2. The van der Waals surface area contributed by atoms with Crippen molar-refractivity contribution in [1.29, 1.82) is 0 Å². The summed E-state index contributed by atoms with van der Waals surface area (Å²) in [6, 6.07) is 0. The first-order valence-electron chi connectivity index (χ1n) is 4.64. The lowest BCUT2D eigenvalue weighted by molar-refractivity contribution is 0.732. The highest BCUT2D eigenvalue weighted by atomic mass is 35.5. The molecule has 0 radical (unpaired) electrons. The van der Waals surface area contributed by atoms with E-state index in [1.807, 2.05) is 18.7 Å². The minimum Gasteiger partial charge on any atom is -0.356 e. The summed E-state index contributed by atoms with van der Waals surface area (Å²) < 4.78 is 1.88. The lowest BCUT2D eigenvalue weighted by atomic mass is 10.4. The van der Waals surface area contributed by atoms with Crippen molar-refractivity contribution >= 4 is 17.4 Å². The van der Waals surface area contributed by atoms with Gasteiger partial charge in [0, 0.05) is 20.1 Å². The second kappa shape index (κ2) is 3.22. The molecule has 72 valence electrons. The molecule has 0 bridgehead atoms. The summed E-state index contributed by atoms with van der Waals surface area (Å²) in [4.78, 5) is 2.31. The molecule has 2 heterocycles. The Hall–Kier alpha value is -0.700. The molecule has 0 atom stereocenters. The molecule has 13 heavy (non-hydrogen) atoms. The van der Waals surface area contributed by atoms with Gasteiger partial charge in [0.15, 0.2) is 0 Å². The van der Waals surface area contributed by atoms with E-state index in [-0.39, 0.29) is 0 Å². The standard InChI is InChI=1S/C9H14ClN3/c1-7-8(10)9(12(2)11-7)13-5-3-4-6-13/h3-6H2,1-2H3. The predicted octanol–water partition coefficient (Wildman–Crippen LogP) is 1.98. The fourth-order valence-corrected chi connectivity index (χ4v) is 2.17. The van der Waals surface area contributed by atoms with Gasteiger partial charge in [-0.05, 0) is 19.8 Å². The maximum Gasteiger partial charge on any atom is 0.145 e. The van der Waals surface area contributed by atoms with Crippen LogP contribution in [0.2, 0.25) is 5.02 Å². The van der Waals surface area contributed by atoms with Crippen LogP contribution in [0.25, 0.3) is 0 Å². The second-order valence-corrected chi connectivity index (χ2v) is 3.92. The van der Waals surface area contributed by atoms with Gasteiger partial charge in [0.05, 0.1) is 5.69 Å². The van der Waals surface area contributed by atoms with E-state index in [4.69, 9.17) is 11.6 Å². The predicted molar refractivity (Wildman–Crippen MR) is 54.4 cm³/mol. The number of nitrogens with zero attached hydrogens (tertiary/aromatic N) is 3. The van der Waals surface area contributed by atoms with E-state index < -0.39 is 0 Å². The molecule has 1 aromatic rings. The molecule has 3 nitrogen and oxygen atoms in total. The van der Waals surface area contributed by atoms with E-state index in [1.165, 1.54) is 12.8 Å². The Labute approximate surface area is 83.3 Å². The molecule has 2 rings (SSSR count). The Bertz CT molecular complexity index is 313. The van der Waals surface area contributed by atoms with Gasteiger partial charge in [-0.2, -0.15) is 5.10 Å². The van der Waals surface area contributed by atoms with Crippen LogP contribution in [0.5, 0.6) is 0 Å². The molecule has 0 amide bonds. The van der Waals surface area contributed by atoms with Crippen LogP contribution < -0.4 is 4.90 Å². The Morgan fingerprint density at radius 2 is 1.92 bits per heavy atom. The number of rotatable bonds is 1. The molecule has 1 aliphatic rings. The first kappa shape index (κ1) is 8.88. The normalized spacial score (nSPS) is 17.0. The molecule has 0 N–H and O–H groups in total. The number of hydrogen-bond donors (Lipinski definition) is 0. The summed E-state index contributed by atoms with van der Waals surface area (Å²) >= 11 is 6.17. The highest BCUT2D eigenvalue weighted by Crippen LogP contribution is 2.30. The van der Waals surface area contributed by atoms with E-state index in [9.17, 15) is 0 Å². The molecule has 4 heteroatoms. The maximum atomic E-state index is 6.17. The second-order valence-electron chi connectivity index (χ2n) is 3.54. The highest BCUT2D eigenvalue weighted by Gasteiger charge is 2.20. The first-order valence-corrected chi connectivity index (χ1v) is 5.02. The van der Waals surface area contributed by atoms with E-state index in [2.05, 4.69) is 10.00 Å². The fraction of sp³-hybridized carbons (Fsp3) is 0.667. The average Bonchev–Trinajstić information content (AvgIpc) is 2.63. The summed E-state index contributed by atoms with van der Waals surface area (Å²) in [5.41, 5.74) is 0.922. The highest BCUT2D eigenvalue weighted by molar-refractivity contribution is 6.33. The summed E-state index contributed by atoms with van der Waals surface area (Å²) in [6.45, 7) is 4.17. The molecule has 1 saturated heterocycles. The van der Waals surface area contributed by atoms with Gasteiger partial charge in [0.25, 0.3) is 0 Å². The van der Waals surface area contributed by atoms with Gasteiger partial charge in [-0.1, -0.05) is 11.6 Å². The first-order chi connectivity index (χ1) is 6.20. The zero-order valence-electron chi connectivity index (χ0n) is 8.05. The number of halogens is 1. The smallest absolute Gasteiger partial charge is 0.145 e. The minimum absolute atomic E-state index is 0.810. The number of aromatic nitrogens is 2. The van der Waals surface area contributed by atoms with Crippen LogP contribution in [0.3, 0.4) is 0 Å². The monoisotopic (exact) mass is 199 g/mol. The van der Waals surface area contributed by atoms with Crippen LogP contribution in [-0.4, -0.2) is 22.9 Å². The van der Waals surface area contributed by atoms with Crippen molar-refractivity contribution < 1.29 is 0 Å². The Balaban J connectivity index is 2.37. The van der Waals surface area contributed by atoms with Crippen LogP contribution in [0.1, 0.15) is 18.5 Å². The maximum absolute atomic E-state index is 6.17. The molecule has 0 saturated carbocycles. The summed E-state index contributed by atoms with van der Waals surface area (Å²) in [5, 5.41) is 5.11. The molecule has 0 aliphatic carbocycles. The Morgan fingerprint density at radius 1 is 1.31 bits per heavy atom. The molecular formula is C9H14ClN3. The number of hydrogen-bond acceptors (Lipinski definition) is 2. The van der Waals surface area contributed by atoms with Gasteiger partial charge in [0.2, 0.25) is 0 Å². The third kappa shape index (κ3) is 1.41. The molecule has 0 aromatic carbocycles. The van der Waals surface area contributed by atoms with Gasteiger partial charge in [-0.25, -0.2) is 0 Å². The molecular weight excluding hydrogens is 186 g/mol. The van der Waals surface area contributed by atoms with Crippen LogP contribution in [0.4, 0.5) is 5.82 Å². The van der Waals surface area contributed by atoms with E-state index in [0.29, 0.717) is 0 Å². The minimum atomic E-state index is 0.810. The van der Waals surface area contributed by atoms with Crippen molar-refractivity contribution in [3.8, 4) is 0 Å². The molecule has 0 unspecified atom stereocenters. The molecule has 0 spiro atoms. The van der Waals surface area contributed by atoms with Crippen LogP contribution in [-0.2, 0) is 7.05 Å². The summed E-state index contributed by atoms with van der Waals surface area (Å²) in [7, 11) is 1.95. The third-order valence-electron chi connectivity index (χ3n) is 2.53. The SMILES string of the molecule is Cc1nn(C)c(N2CCCC2)c1Cl. The molecule has 1 aromatic heterocycles. The van der Waals surface area contributed by atoms with Crippen molar-refractivity contribution in [3.05, 3.63) is 10.7 Å². The average molecular weight is 200 g/mol. The lowest BCUT2D eigenvalue weighted by Gasteiger charge is -2.17. The van der Waals surface area contributed by atoms with Gasteiger partial charge < -0.3 is 4.90 Å². The van der Waals surface area contributed by atoms with Gasteiger partial charge in [0.1, 0.15) is 10.8 Å².